The third kappa shape index (κ3) is 4.14. The lowest BCUT2D eigenvalue weighted by Gasteiger charge is -2.33. The van der Waals surface area contributed by atoms with Crippen molar-refractivity contribution in [1.29, 1.82) is 0 Å². The third-order valence-corrected chi connectivity index (χ3v) is 7.30. The molecule has 3 nitrogen and oxygen atoms in total. The minimum absolute atomic E-state index is 0.927. The fraction of sp³-hybridized carbons (Fsp3) is 0.333. The molecule has 0 spiro atoms. The van der Waals surface area contributed by atoms with Gasteiger partial charge in [-0.05, 0) is 56.7 Å². The molecule has 4 heteroatoms. The minimum Gasteiger partial charge on any atom is -0.457 e. The highest BCUT2D eigenvalue weighted by molar-refractivity contribution is 8.06. The zero-order valence-corrected chi connectivity index (χ0v) is 19.3. The highest BCUT2D eigenvalue weighted by Gasteiger charge is 2.25. The molecular formula is C27H30N2OS. The number of rotatable bonds is 4. The van der Waals surface area contributed by atoms with Gasteiger partial charge in [0.25, 0.3) is 0 Å². The molecule has 0 saturated carbocycles. The van der Waals surface area contributed by atoms with E-state index in [-0.39, 0.29) is 0 Å². The van der Waals surface area contributed by atoms with E-state index in [4.69, 9.17) is 4.74 Å². The molecule has 1 aromatic rings. The topological polar surface area (TPSA) is 15.7 Å². The van der Waals surface area contributed by atoms with Crippen LogP contribution in [0.1, 0.15) is 45.1 Å². The van der Waals surface area contributed by atoms with Crippen molar-refractivity contribution in [3.8, 4) is 0 Å². The minimum atomic E-state index is 0.927. The predicted molar refractivity (Wildman–Crippen MR) is 131 cm³/mol. The number of hydrogen-bond donors (Lipinski definition) is 0. The lowest BCUT2D eigenvalue weighted by molar-refractivity contribution is 0.281. The lowest BCUT2D eigenvalue weighted by Crippen LogP contribution is -2.29. The summed E-state index contributed by atoms with van der Waals surface area (Å²) in [5.41, 5.74) is 6.47. The Morgan fingerprint density at radius 2 is 1.87 bits per heavy atom. The number of piperidine rings is 1. The van der Waals surface area contributed by atoms with E-state index in [1.165, 1.54) is 52.4 Å². The van der Waals surface area contributed by atoms with Crippen molar-refractivity contribution in [2.75, 3.05) is 19.6 Å². The highest BCUT2D eigenvalue weighted by atomic mass is 32.2. The van der Waals surface area contributed by atoms with Crippen LogP contribution in [0, 0.1) is 0 Å². The smallest absolute Gasteiger partial charge is 0.133 e. The first-order valence-corrected chi connectivity index (χ1v) is 12.3. The monoisotopic (exact) mass is 430 g/mol. The molecule has 0 aromatic heterocycles. The predicted octanol–water partition coefficient (Wildman–Crippen LogP) is 6.78. The molecule has 1 fully saturated rings. The summed E-state index contributed by atoms with van der Waals surface area (Å²) in [7, 11) is 0. The molecule has 3 heterocycles. The Balaban J connectivity index is 1.37. The molecule has 0 unspecified atom stereocenters. The number of allylic oxidation sites excluding steroid dienone is 6. The summed E-state index contributed by atoms with van der Waals surface area (Å²) in [6, 6.07) is 10.6. The van der Waals surface area contributed by atoms with E-state index in [1.54, 1.807) is 11.8 Å². The Bertz CT molecular complexity index is 1040. The first-order valence-electron chi connectivity index (χ1n) is 11.4. The van der Waals surface area contributed by atoms with Gasteiger partial charge in [-0.2, -0.15) is 0 Å². The van der Waals surface area contributed by atoms with Crippen molar-refractivity contribution in [1.82, 2.24) is 9.80 Å². The van der Waals surface area contributed by atoms with Crippen LogP contribution < -0.4 is 0 Å². The molecule has 5 rings (SSSR count). The zero-order chi connectivity index (χ0) is 21.2. The van der Waals surface area contributed by atoms with Gasteiger partial charge in [0.1, 0.15) is 11.5 Å². The third-order valence-electron chi connectivity index (χ3n) is 6.38. The number of nitrogens with zero attached hydrogens (tertiary/aromatic N) is 2. The highest BCUT2D eigenvalue weighted by Crippen LogP contribution is 2.41. The van der Waals surface area contributed by atoms with Crippen LogP contribution in [0.4, 0.5) is 0 Å². The fourth-order valence-electron chi connectivity index (χ4n) is 4.69. The van der Waals surface area contributed by atoms with Gasteiger partial charge in [-0.15, -0.1) is 0 Å². The van der Waals surface area contributed by atoms with Gasteiger partial charge >= 0.3 is 0 Å². The Hall–Kier alpha value is -2.59. The van der Waals surface area contributed by atoms with E-state index < -0.39 is 0 Å². The van der Waals surface area contributed by atoms with Crippen LogP contribution in [0.2, 0.25) is 0 Å². The van der Waals surface area contributed by atoms with Crippen LogP contribution in [-0.4, -0.2) is 29.4 Å². The molecule has 1 aliphatic carbocycles. The van der Waals surface area contributed by atoms with Gasteiger partial charge < -0.3 is 14.5 Å². The van der Waals surface area contributed by atoms with E-state index in [2.05, 4.69) is 83.7 Å². The largest absolute Gasteiger partial charge is 0.457 e. The summed E-state index contributed by atoms with van der Waals surface area (Å²) in [6.45, 7) is 7.66. The summed E-state index contributed by atoms with van der Waals surface area (Å²) < 4.78 is 6.43. The van der Waals surface area contributed by atoms with Crippen LogP contribution in [-0.2, 0) is 4.74 Å². The molecule has 1 aromatic carbocycles. The van der Waals surface area contributed by atoms with E-state index >= 15 is 0 Å². The van der Waals surface area contributed by atoms with Crippen molar-refractivity contribution in [2.24, 2.45) is 0 Å². The SMILES string of the molecule is CCN1C(=CC2=CC(C)=C3CC=C(N4CCCCC4)C=C3O2)SC=C1c1ccccc1. The van der Waals surface area contributed by atoms with E-state index in [0.717, 1.165) is 37.6 Å². The number of hydrogen-bond acceptors (Lipinski definition) is 4. The molecule has 3 aliphatic heterocycles. The van der Waals surface area contributed by atoms with Crippen molar-refractivity contribution < 1.29 is 4.74 Å². The van der Waals surface area contributed by atoms with Crippen LogP contribution in [0.15, 0.2) is 93.4 Å². The van der Waals surface area contributed by atoms with Crippen molar-refractivity contribution in [3.05, 3.63) is 99.0 Å². The average molecular weight is 431 g/mol. The van der Waals surface area contributed by atoms with Crippen molar-refractivity contribution in [3.63, 3.8) is 0 Å². The summed E-state index contributed by atoms with van der Waals surface area (Å²) in [6.07, 6.45) is 13.9. The maximum Gasteiger partial charge on any atom is 0.133 e. The van der Waals surface area contributed by atoms with Gasteiger partial charge in [-0.1, -0.05) is 48.2 Å². The van der Waals surface area contributed by atoms with Crippen LogP contribution in [0.3, 0.4) is 0 Å². The second-order valence-corrected chi connectivity index (χ2v) is 9.30. The second kappa shape index (κ2) is 8.88. The van der Waals surface area contributed by atoms with Crippen molar-refractivity contribution in [2.45, 2.75) is 39.5 Å². The van der Waals surface area contributed by atoms with Gasteiger partial charge in [-0.25, -0.2) is 0 Å². The first kappa shape index (κ1) is 20.3. The Kier molecular flexibility index (Phi) is 5.82. The molecule has 0 radical (unpaired) electrons. The van der Waals surface area contributed by atoms with E-state index in [1.807, 2.05) is 0 Å². The maximum atomic E-state index is 6.43. The van der Waals surface area contributed by atoms with Gasteiger partial charge in [0.15, 0.2) is 0 Å². The van der Waals surface area contributed by atoms with Gasteiger partial charge in [0.2, 0.25) is 0 Å². The molecule has 1 saturated heterocycles. The maximum absolute atomic E-state index is 6.43. The van der Waals surface area contributed by atoms with Gasteiger partial charge in [0, 0.05) is 48.5 Å². The summed E-state index contributed by atoms with van der Waals surface area (Å²) in [5.74, 6) is 1.95. The first-order chi connectivity index (χ1) is 15.2. The van der Waals surface area contributed by atoms with Crippen LogP contribution in [0.5, 0.6) is 0 Å². The summed E-state index contributed by atoms with van der Waals surface area (Å²) in [5, 5.41) is 3.46. The quantitative estimate of drug-likeness (QED) is 0.523. The normalized spacial score (nSPS) is 22.6. The zero-order valence-electron chi connectivity index (χ0n) is 18.4. The second-order valence-electron chi connectivity index (χ2n) is 8.41. The molecule has 0 atom stereocenters. The summed E-state index contributed by atoms with van der Waals surface area (Å²) in [4.78, 5) is 4.89. The van der Waals surface area contributed by atoms with Crippen LogP contribution >= 0.6 is 11.8 Å². The molecule has 31 heavy (non-hydrogen) atoms. The van der Waals surface area contributed by atoms with Crippen LogP contribution in [0.25, 0.3) is 5.70 Å². The molecular weight excluding hydrogens is 400 g/mol. The van der Waals surface area contributed by atoms with Crippen molar-refractivity contribution >= 4 is 17.5 Å². The Morgan fingerprint density at radius 1 is 1.06 bits per heavy atom. The Labute approximate surface area is 190 Å². The standard InChI is InChI=1S/C27H30N2OS/c1-3-29-25(21-10-6-4-7-11-21)19-31-27(29)18-23-16-20(2)24-13-12-22(17-26(24)30-23)28-14-8-5-9-15-28/h4,6-7,10-12,16-19H,3,5,8-9,13-15H2,1-2H3. The van der Waals surface area contributed by atoms with Gasteiger partial charge in [-0.3, -0.25) is 0 Å². The molecule has 0 amide bonds. The number of thioether (sulfide) groups is 1. The number of benzene rings is 1. The average Bonchev–Trinajstić information content (AvgIpc) is 3.22. The number of ether oxygens (including phenoxy) is 1. The Morgan fingerprint density at radius 3 is 2.65 bits per heavy atom. The number of likely N-dealkylation sites (tertiary alicyclic amines) is 1. The molecule has 0 bridgehead atoms. The summed E-state index contributed by atoms with van der Waals surface area (Å²) >= 11 is 1.77. The molecule has 0 N–H and O–H groups in total. The van der Waals surface area contributed by atoms with Gasteiger partial charge in [0.05, 0.1) is 10.7 Å². The van der Waals surface area contributed by atoms with E-state index in [9.17, 15) is 0 Å². The number of fused-ring (bicyclic) bond motifs is 1. The van der Waals surface area contributed by atoms with E-state index in [0.29, 0.717) is 0 Å². The molecule has 160 valence electrons. The molecule has 4 aliphatic rings. The lowest BCUT2D eigenvalue weighted by atomic mass is 9.95. The fourth-order valence-corrected chi connectivity index (χ4v) is 5.72.